The number of nitrogens with zero attached hydrogens (tertiary/aromatic N) is 1. The molecule has 4 rings (SSSR count). The first-order valence-corrected chi connectivity index (χ1v) is 13.1. The van der Waals surface area contributed by atoms with Gasteiger partial charge in [0, 0.05) is 38.3 Å². The summed E-state index contributed by atoms with van der Waals surface area (Å²) >= 11 is 0. The molecular weight excluding hydrogens is 464 g/mol. The van der Waals surface area contributed by atoms with E-state index in [4.69, 9.17) is 4.74 Å². The zero-order valence-corrected chi connectivity index (χ0v) is 20.5. The second kappa shape index (κ2) is 11.2. The number of ether oxygens (including phenoxy) is 1. The van der Waals surface area contributed by atoms with E-state index in [1.165, 1.54) is 12.1 Å². The number of sulfonamides is 1. The summed E-state index contributed by atoms with van der Waals surface area (Å²) in [5.74, 6) is 0.326. The van der Waals surface area contributed by atoms with E-state index >= 15 is 0 Å². The monoisotopic (exact) mass is 494 g/mol. The molecule has 3 aromatic carbocycles. The Morgan fingerprint density at radius 1 is 1.00 bits per heavy atom. The molecule has 3 N–H and O–H groups in total. The number of amides is 1. The van der Waals surface area contributed by atoms with Gasteiger partial charge in [-0.1, -0.05) is 30.3 Å². The summed E-state index contributed by atoms with van der Waals surface area (Å²) in [7, 11) is -3.88. The van der Waals surface area contributed by atoms with Crippen LogP contribution in [0.2, 0.25) is 0 Å². The number of nitrogens with one attached hydrogen (secondary N) is 3. The molecule has 35 heavy (non-hydrogen) atoms. The van der Waals surface area contributed by atoms with Crippen molar-refractivity contribution in [1.29, 1.82) is 0 Å². The summed E-state index contributed by atoms with van der Waals surface area (Å²) in [5, 5.41) is 6.20. The smallest absolute Gasteiger partial charge is 0.261 e. The molecule has 0 aliphatic carbocycles. The summed E-state index contributed by atoms with van der Waals surface area (Å²) in [4.78, 5) is 15.1. The van der Waals surface area contributed by atoms with Crippen LogP contribution < -0.4 is 25.0 Å². The second-order valence-electron chi connectivity index (χ2n) is 8.15. The minimum Gasteiger partial charge on any atom is -0.494 e. The van der Waals surface area contributed by atoms with E-state index in [1.807, 2.05) is 37.3 Å². The maximum absolute atomic E-state index is 13.2. The number of piperazine rings is 1. The Hall–Kier alpha value is -3.56. The van der Waals surface area contributed by atoms with Crippen molar-refractivity contribution in [1.82, 2.24) is 10.6 Å². The zero-order valence-electron chi connectivity index (χ0n) is 19.7. The predicted molar refractivity (Wildman–Crippen MR) is 138 cm³/mol. The Morgan fingerprint density at radius 2 is 1.71 bits per heavy atom. The van der Waals surface area contributed by atoms with Gasteiger partial charge >= 0.3 is 0 Å². The van der Waals surface area contributed by atoms with Crippen LogP contribution in [-0.4, -0.2) is 47.1 Å². The van der Waals surface area contributed by atoms with E-state index in [0.717, 1.165) is 37.4 Å². The topological polar surface area (TPSA) is 99.8 Å². The van der Waals surface area contributed by atoms with Gasteiger partial charge in [0.15, 0.2) is 0 Å². The van der Waals surface area contributed by atoms with Crippen molar-refractivity contribution in [3.63, 3.8) is 0 Å². The summed E-state index contributed by atoms with van der Waals surface area (Å²) in [6, 6.07) is 21.0. The third-order valence-corrected chi connectivity index (χ3v) is 7.08. The van der Waals surface area contributed by atoms with Gasteiger partial charge in [-0.05, 0) is 55.0 Å². The second-order valence-corrected chi connectivity index (χ2v) is 9.83. The van der Waals surface area contributed by atoms with Crippen molar-refractivity contribution in [3.05, 3.63) is 83.9 Å². The fraction of sp³-hybridized carbons (Fsp3) is 0.269. The molecule has 1 fully saturated rings. The SMILES string of the molecule is CCOc1ccc(S(=O)(=O)Nc2cc(C(=O)NCc3ccccc3)ccc2N2CCNCC2)cc1. The summed E-state index contributed by atoms with van der Waals surface area (Å²) < 4.78 is 34.6. The standard InChI is InChI=1S/C26H30N4O4S/c1-2-34-22-9-11-23(12-10-22)35(32,33)29-24-18-21(8-13-25(24)30-16-14-27-15-17-30)26(31)28-19-20-6-4-3-5-7-20/h3-13,18,27,29H,2,14-17,19H2,1H3,(H,28,31). The molecule has 0 aromatic heterocycles. The zero-order chi connectivity index (χ0) is 24.7. The average molecular weight is 495 g/mol. The van der Waals surface area contributed by atoms with Gasteiger partial charge in [-0.25, -0.2) is 8.42 Å². The molecule has 8 nitrogen and oxygen atoms in total. The highest BCUT2D eigenvalue weighted by Gasteiger charge is 2.21. The fourth-order valence-electron chi connectivity index (χ4n) is 3.91. The Morgan fingerprint density at radius 3 is 2.40 bits per heavy atom. The molecule has 1 saturated heterocycles. The van der Waals surface area contributed by atoms with E-state index in [9.17, 15) is 13.2 Å². The van der Waals surface area contributed by atoms with Crippen LogP contribution in [0.25, 0.3) is 0 Å². The number of anilines is 2. The van der Waals surface area contributed by atoms with E-state index in [-0.39, 0.29) is 10.8 Å². The molecule has 3 aromatic rings. The predicted octanol–water partition coefficient (Wildman–Crippen LogP) is 3.23. The van der Waals surface area contributed by atoms with Gasteiger partial charge in [-0.2, -0.15) is 0 Å². The third kappa shape index (κ3) is 6.32. The summed E-state index contributed by atoms with van der Waals surface area (Å²) in [6.45, 7) is 5.81. The maximum atomic E-state index is 13.2. The first-order chi connectivity index (χ1) is 17.0. The van der Waals surface area contributed by atoms with Gasteiger partial charge in [-0.15, -0.1) is 0 Å². The Labute approximate surface area is 206 Å². The molecule has 0 spiro atoms. The molecular formula is C26H30N4O4S. The first kappa shape index (κ1) is 24.6. The Bertz CT molecular complexity index is 1240. The molecule has 0 saturated carbocycles. The highest BCUT2D eigenvalue weighted by Crippen LogP contribution is 2.30. The van der Waals surface area contributed by atoms with Gasteiger partial charge in [0.05, 0.1) is 22.9 Å². The van der Waals surface area contributed by atoms with Crippen molar-refractivity contribution in [2.45, 2.75) is 18.4 Å². The largest absolute Gasteiger partial charge is 0.494 e. The number of rotatable bonds is 9. The Kier molecular flexibility index (Phi) is 7.89. The van der Waals surface area contributed by atoms with E-state index in [0.29, 0.717) is 30.2 Å². The summed E-state index contributed by atoms with van der Waals surface area (Å²) in [6.07, 6.45) is 0. The van der Waals surface area contributed by atoms with Crippen molar-refractivity contribution in [3.8, 4) is 5.75 Å². The molecule has 9 heteroatoms. The molecule has 1 heterocycles. The van der Waals surface area contributed by atoms with Crippen molar-refractivity contribution in [2.75, 3.05) is 42.4 Å². The van der Waals surface area contributed by atoms with Crippen molar-refractivity contribution < 1.29 is 17.9 Å². The molecule has 0 bridgehead atoms. The highest BCUT2D eigenvalue weighted by atomic mass is 32.2. The van der Waals surface area contributed by atoms with Crippen molar-refractivity contribution in [2.24, 2.45) is 0 Å². The molecule has 0 radical (unpaired) electrons. The molecule has 0 unspecified atom stereocenters. The van der Waals surface area contributed by atoms with Crippen LogP contribution in [0.15, 0.2) is 77.7 Å². The van der Waals surface area contributed by atoms with Crippen LogP contribution in [0.4, 0.5) is 11.4 Å². The minimum atomic E-state index is -3.88. The van der Waals surface area contributed by atoms with Gasteiger partial charge in [-0.3, -0.25) is 9.52 Å². The number of hydrogen-bond donors (Lipinski definition) is 3. The van der Waals surface area contributed by atoms with E-state index in [1.54, 1.807) is 30.3 Å². The quantitative estimate of drug-likeness (QED) is 0.422. The third-order valence-electron chi connectivity index (χ3n) is 5.70. The minimum absolute atomic E-state index is 0.117. The molecule has 1 aliphatic heterocycles. The normalized spacial score (nSPS) is 13.8. The van der Waals surface area contributed by atoms with Crippen LogP contribution in [0, 0.1) is 0 Å². The number of carbonyl (C=O) groups excluding carboxylic acids is 1. The van der Waals surface area contributed by atoms with Gasteiger partial charge in [0.2, 0.25) is 0 Å². The molecule has 1 amide bonds. The van der Waals surface area contributed by atoms with Crippen LogP contribution in [-0.2, 0) is 16.6 Å². The average Bonchev–Trinajstić information content (AvgIpc) is 2.89. The lowest BCUT2D eigenvalue weighted by molar-refractivity contribution is 0.0951. The maximum Gasteiger partial charge on any atom is 0.261 e. The fourth-order valence-corrected chi connectivity index (χ4v) is 4.97. The number of benzene rings is 3. The van der Waals surface area contributed by atoms with Gasteiger partial charge in [0.1, 0.15) is 5.75 Å². The highest BCUT2D eigenvalue weighted by molar-refractivity contribution is 7.92. The molecule has 0 atom stereocenters. The first-order valence-electron chi connectivity index (χ1n) is 11.6. The van der Waals surface area contributed by atoms with E-state index < -0.39 is 10.0 Å². The molecule has 184 valence electrons. The van der Waals surface area contributed by atoms with Crippen LogP contribution in [0.1, 0.15) is 22.8 Å². The van der Waals surface area contributed by atoms with Crippen LogP contribution >= 0.6 is 0 Å². The molecule has 1 aliphatic rings. The van der Waals surface area contributed by atoms with Crippen LogP contribution in [0.3, 0.4) is 0 Å². The van der Waals surface area contributed by atoms with Gasteiger partial charge in [0.25, 0.3) is 15.9 Å². The number of hydrogen-bond acceptors (Lipinski definition) is 6. The lowest BCUT2D eigenvalue weighted by Gasteiger charge is -2.31. The Balaban J connectivity index is 1.59. The lowest BCUT2D eigenvalue weighted by atomic mass is 10.1. The summed E-state index contributed by atoms with van der Waals surface area (Å²) in [5.41, 5.74) is 2.47. The van der Waals surface area contributed by atoms with E-state index in [2.05, 4.69) is 20.3 Å². The van der Waals surface area contributed by atoms with Crippen molar-refractivity contribution >= 4 is 27.3 Å². The number of carbonyl (C=O) groups is 1. The lowest BCUT2D eigenvalue weighted by Crippen LogP contribution is -2.43. The van der Waals surface area contributed by atoms with Crippen LogP contribution in [0.5, 0.6) is 5.75 Å². The van der Waals surface area contributed by atoms with Gasteiger partial charge < -0.3 is 20.3 Å².